The summed E-state index contributed by atoms with van der Waals surface area (Å²) in [4.78, 5) is 11.5. The summed E-state index contributed by atoms with van der Waals surface area (Å²) in [5, 5.41) is 9.41. The maximum absolute atomic E-state index is 11.5. The number of carboxylic acids is 1. The zero-order valence-electron chi connectivity index (χ0n) is 14.5. The SMILES string of the molecule is CCCCc1cc(-c2c(C)cccc2C(C)C(=O)O)ccc1C. The standard InChI is InChI=1S/C21H26O2/c1-5-6-9-17-13-18(12-11-14(17)2)20-15(3)8-7-10-19(20)16(4)21(22)23/h7-8,10-13,16H,5-6,9H2,1-4H3,(H,22,23). The molecule has 122 valence electrons. The Bertz CT molecular complexity index is 701. The lowest BCUT2D eigenvalue weighted by atomic mass is 9.87. The molecule has 1 unspecified atom stereocenters. The largest absolute Gasteiger partial charge is 0.481 e. The highest BCUT2D eigenvalue weighted by atomic mass is 16.4. The van der Waals surface area contributed by atoms with E-state index in [1.165, 1.54) is 24.0 Å². The highest BCUT2D eigenvalue weighted by Gasteiger charge is 2.19. The smallest absolute Gasteiger partial charge is 0.310 e. The van der Waals surface area contributed by atoms with Gasteiger partial charge in [-0.2, -0.15) is 0 Å². The first-order valence-electron chi connectivity index (χ1n) is 8.38. The highest BCUT2D eigenvalue weighted by Crippen LogP contribution is 2.33. The van der Waals surface area contributed by atoms with Crippen LogP contribution in [0.1, 0.15) is 54.9 Å². The molecule has 0 bridgehead atoms. The first-order valence-corrected chi connectivity index (χ1v) is 8.38. The number of hydrogen-bond donors (Lipinski definition) is 1. The summed E-state index contributed by atoms with van der Waals surface area (Å²) in [6.45, 7) is 8.16. The van der Waals surface area contributed by atoms with Crippen molar-refractivity contribution in [3.63, 3.8) is 0 Å². The van der Waals surface area contributed by atoms with Gasteiger partial charge >= 0.3 is 5.97 Å². The zero-order valence-corrected chi connectivity index (χ0v) is 14.5. The van der Waals surface area contributed by atoms with Gasteiger partial charge in [0.15, 0.2) is 0 Å². The summed E-state index contributed by atoms with van der Waals surface area (Å²) in [6.07, 6.45) is 3.43. The van der Waals surface area contributed by atoms with Crippen molar-refractivity contribution in [3.8, 4) is 11.1 Å². The lowest BCUT2D eigenvalue weighted by molar-refractivity contribution is -0.138. The Hall–Kier alpha value is -2.09. The second kappa shape index (κ2) is 7.45. The third kappa shape index (κ3) is 3.82. The van der Waals surface area contributed by atoms with E-state index in [-0.39, 0.29) is 0 Å². The van der Waals surface area contributed by atoms with Gasteiger partial charge in [0.05, 0.1) is 5.92 Å². The third-order valence-electron chi connectivity index (χ3n) is 4.58. The van der Waals surface area contributed by atoms with E-state index >= 15 is 0 Å². The van der Waals surface area contributed by atoms with E-state index in [0.29, 0.717) is 0 Å². The Balaban J connectivity index is 2.55. The number of aliphatic carboxylic acids is 1. The molecule has 0 aliphatic heterocycles. The van der Waals surface area contributed by atoms with Crippen LogP contribution >= 0.6 is 0 Å². The minimum atomic E-state index is -0.782. The first kappa shape index (κ1) is 17.3. The van der Waals surface area contributed by atoms with Crippen LogP contribution in [0.15, 0.2) is 36.4 Å². The Morgan fingerprint density at radius 1 is 1.13 bits per heavy atom. The Kier molecular flexibility index (Phi) is 5.59. The summed E-state index contributed by atoms with van der Waals surface area (Å²) in [5.41, 5.74) is 6.89. The van der Waals surface area contributed by atoms with Crippen molar-refractivity contribution in [2.75, 3.05) is 0 Å². The van der Waals surface area contributed by atoms with Crippen molar-refractivity contribution < 1.29 is 9.90 Å². The second-order valence-electron chi connectivity index (χ2n) is 6.34. The molecule has 0 saturated heterocycles. The number of unbranched alkanes of at least 4 members (excludes halogenated alkanes) is 1. The van der Waals surface area contributed by atoms with Gasteiger partial charge in [0.1, 0.15) is 0 Å². The molecule has 2 heteroatoms. The van der Waals surface area contributed by atoms with Crippen LogP contribution in [-0.2, 0) is 11.2 Å². The average molecular weight is 310 g/mol. The summed E-state index contributed by atoms with van der Waals surface area (Å²) >= 11 is 0. The fourth-order valence-corrected chi connectivity index (χ4v) is 3.04. The normalized spacial score (nSPS) is 12.2. The molecule has 2 rings (SSSR count). The van der Waals surface area contributed by atoms with Crippen LogP contribution in [0.3, 0.4) is 0 Å². The number of aryl methyl sites for hydroxylation is 3. The van der Waals surface area contributed by atoms with Gasteiger partial charge < -0.3 is 5.11 Å². The molecule has 1 N–H and O–H groups in total. The molecule has 0 fully saturated rings. The minimum Gasteiger partial charge on any atom is -0.481 e. The molecule has 0 aromatic heterocycles. The monoisotopic (exact) mass is 310 g/mol. The van der Waals surface area contributed by atoms with Crippen LogP contribution in [0.2, 0.25) is 0 Å². The molecule has 0 aliphatic carbocycles. The number of hydrogen-bond acceptors (Lipinski definition) is 1. The van der Waals surface area contributed by atoms with Gasteiger partial charge in [0.2, 0.25) is 0 Å². The quantitative estimate of drug-likeness (QED) is 0.764. The van der Waals surface area contributed by atoms with Crippen molar-refractivity contribution in [2.45, 2.75) is 52.9 Å². The van der Waals surface area contributed by atoms with E-state index in [1.54, 1.807) is 6.92 Å². The van der Waals surface area contributed by atoms with Crippen molar-refractivity contribution >= 4 is 5.97 Å². The fourth-order valence-electron chi connectivity index (χ4n) is 3.04. The Labute approximate surface area is 139 Å². The topological polar surface area (TPSA) is 37.3 Å². The number of carboxylic acid groups (broad SMARTS) is 1. The number of carbonyl (C=O) groups is 1. The molecule has 0 saturated carbocycles. The fraction of sp³-hybridized carbons (Fsp3) is 0.381. The molecule has 23 heavy (non-hydrogen) atoms. The van der Waals surface area contributed by atoms with Gasteiger partial charge in [-0.05, 0) is 67.0 Å². The van der Waals surface area contributed by atoms with E-state index in [2.05, 4.69) is 45.0 Å². The van der Waals surface area contributed by atoms with E-state index < -0.39 is 11.9 Å². The molecule has 0 spiro atoms. The van der Waals surface area contributed by atoms with Crippen LogP contribution in [0.5, 0.6) is 0 Å². The molecular formula is C21H26O2. The Morgan fingerprint density at radius 2 is 1.87 bits per heavy atom. The van der Waals surface area contributed by atoms with E-state index in [1.807, 2.05) is 12.1 Å². The van der Waals surface area contributed by atoms with Gasteiger partial charge in [0.25, 0.3) is 0 Å². The van der Waals surface area contributed by atoms with Crippen molar-refractivity contribution in [3.05, 3.63) is 58.7 Å². The minimum absolute atomic E-state index is 0.509. The van der Waals surface area contributed by atoms with Crippen LogP contribution < -0.4 is 0 Å². The number of benzene rings is 2. The summed E-state index contributed by atoms with van der Waals surface area (Å²) in [5.74, 6) is -1.29. The molecule has 2 nitrogen and oxygen atoms in total. The lowest BCUT2D eigenvalue weighted by Crippen LogP contribution is -2.09. The van der Waals surface area contributed by atoms with Gasteiger partial charge in [-0.25, -0.2) is 0 Å². The van der Waals surface area contributed by atoms with E-state index in [4.69, 9.17) is 0 Å². The Morgan fingerprint density at radius 3 is 2.52 bits per heavy atom. The van der Waals surface area contributed by atoms with Crippen molar-refractivity contribution in [2.24, 2.45) is 0 Å². The molecule has 0 amide bonds. The highest BCUT2D eigenvalue weighted by molar-refractivity contribution is 5.82. The van der Waals surface area contributed by atoms with Gasteiger partial charge in [0, 0.05) is 0 Å². The molecule has 2 aromatic carbocycles. The second-order valence-corrected chi connectivity index (χ2v) is 6.34. The van der Waals surface area contributed by atoms with Crippen LogP contribution in [0, 0.1) is 13.8 Å². The van der Waals surface area contributed by atoms with Crippen LogP contribution in [-0.4, -0.2) is 11.1 Å². The third-order valence-corrected chi connectivity index (χ3v) is 4.58. The average Bonchev–Trinajstić information content (AvgIpc) is 2.53. The zero-order chi connectivity index (χ0) is 17.0. The molecule has 0 aliphatic rings. The van der Waals surface area contributed by atoms with E-state index in [9.17, 15) is 9.90 Å². The summed E-state index contributed by atoms with van der Waals surface area (Å²) in [7, 11) is 0. The molecule has 0 radical (unpaired) electrons. The lowest BCUT2D eigenvalue weighted by Gasteiger charge is -2.17. The predicted octanol–water partition coefficient (Wildman–Crippen LogP) is 5.50. The van der Waals surface area contributed by atoms with Gasteiger partial charge in [-0.3, -0.25) is 4.79 Å². The first-order chi connectivity index (χ1) is 11.0. The van der Waals surface area contributed by atoms with Crippen molar-refractivity contribution in [1.82, 2.24) is 0 Å². The summed E-state index contributed by atoms with van der Waals surface area (Å²) in [6, 6.07) is 12.4. The maximum Gasteiger partial charge on any atom is 0.310 e. The van der Waals surface area contributed by atoms with Crippen molar-refractivity contribution in [1.29, 1.82) is 0 Å². The molecule has 2 aromatic rings. The van der Waals surface area contributed by atoms with E-state index in [0.717, 1.165) is 28.7 Å². The molecule has 1 atom stereocenters. The molecular weight excluding hydrogens is 284 g/mol. The predicted molar refractivity (Wildman–Crippen MR) is 96.0 cm³/mol. The van der Waals surface area contributed by atoms with Gasteiger partial charge in [-0.1, -0.05) is 49.7 Å². The summed E-state index contributed by atoms with van der Waals surface area (Å²) < 4.78 is 0. The van der Waals surface area contributed by atoms with Gasteiger partial charge in [-0.15, -0.1) is 0 Å². The van der Waals surface area contributed by atoms with Crippen LogP contribution in [0.4, 0.5) is 0 Å². The van der Waals surface area contributed by atoms with Crippen LogP contribution in [0.25, 0.3) is 11.1 Å². The molecule has 0 heterocycles. The maximum atomic E-state index is 11.5. The number of rotatable bonds is 6.